The number of rotatable bonds is 6. The highest BCUT2D eigenvalue weighted by Gasteiger charge is 2.36. The van der Waals surface area contributed by atoms with Crippen LogP contribution >= 0.6 is 0 Å². The first-order valence-corrected chi connectivity index (χ1v) is 7.60. The quantitative estimate of drug-likeness (QED) is 0.808. The minimum absolute atomic E-state index is 0.0952. The van der Waals surface area contributed by atoms with Gasteiger partial charge in [-0.25, -0.2) is 0 Å². The molecule has 0 radical (unpaired) electrons. The van der Waals surface area contributed by atoms with Gasteiger partial charge in [0, 0.05) is 19.1 Å². The molecule has 3 N–H and O–H groups in total. The third-order valence-electron chi connectivity index (χ3n) is 2.89. The van der Waals surface area contributed by atoms with Gasteiger partial charge in [0.25, 0.3) is 0 Å². The van der Waals surface area contributed by atoms with E-state index in [9.17, 15) is 8.42 Å². The van der Waals surface area contributed by atoms with Gasteiger partial charge in [-0.1, -0.05) is 19.1 Å². The zero-order chi connectivity index (χ0) is 13.2. The maximum absolute atomic E-state index is 12.2. The largest absolute Gasteiger partial charge is 0.326 e. The van der Waals surface area contributed by atoms with E-state index >= 15 is 0 Å². The van der Waals surface area contributed by atoms with E-state index in [1.807, 2.05) is 24.3 Å². The Balaban J connectivity index is 2.29. The van der Waals surface area contributed by atoms with E-state index in [1.54, 1.807) is 6.92 Å². The van der Waals surface area contributed by atoms with Crippen LogP contribution in [0.25, 0.3) is 0 Å². The molecule has 0 unspecified atom stereocenters. The number of nitrogens with zero attached hydrogens (tertiary/aromatic N) is 1. The van der Waals surface area contributed by atoms with Crippen LogP contribution in [0.2, 0.25) is 0 Å². The molecule has 5 nitrogen and oxygen atoms in total. The molecule has 0 aliphatic heterocycles. The van der Waals surface area contributed by atoms with Gasteiger partial charge in [-0.15, -0.1) is 0 Å². The fourth-order valence-electron chi connectivity index (χ4n) is 1.89. The van der Waals surface area contributed by atoms with Crippen LogP contribution in [0, 0.1) is 0 Å². The van der Waals surface area contributed by atoms with Gasteiger partial charge in [0.05, 0.1) is 5.69 Å². The zero-order valence-corrected chi connectivity index (χ0v) is 11.3. The molecule has 1 aromatic rings. The van der Waals surface area contributed by atoms with Crippen molar-refractivity contribution in [3.05, 3.63) is 29.8 Å². The van der Waals surface area contributed by atoms with E-state index in [0.717, 1.165) is 18.4 Å². The van der Waals surface area contributed by atoms with Crippen molar-refractivity contribution >= 4 is 15.9 Å². The smallest absolute Gasteiger partial charge is 0.301 e. The van der Waals surface area contributed by atoms with Crippen LogP contribution in [0.5, 0.6) is 0 Å². The molecule has 0 amide bonds. The fourth-order valence-corrected chi connectivity index (χ4v) is 3.39. The van der Waals surface area contributed by atoms with Gasteiger partial charge in [-0.3, -0.25) is 4.31 Å². The van der Waals surface area contributed by atoms with Gasteiger partial charge in [0.15, 0.2) is 0 Å². The molecule has 0 atom stereocenters. The van der Waals surface area contributed by atoms with Crippen molar-refractivity contribution in [1.82, 2.24) is 4.72 Å². The second-order valence-corrected chi connectivity index (χ2v) is 6.03. The number of nitrogens with two attached hydrogens (primary N) is 1. The molecule has 1 aliphatic carbocycles. The minimum atomic E-state index is -3.43. The van der Waals surface area contributed by atoms with E-state index in [4.69, 9.17) is 5.73 Å². The standard InChI is InChI=1S/C12H19N3O2S/c1-2-14-18(16,17)15(12-7-8-12)11-5-3-10(9-13)4-6-11/h3-6,12,14H,2,7-9,13H2,1H3. The van der Waals surface area contributed by atoms with E-state index in [0.29, 0.717) is 18.8 Å². The van der Waals surface area contributed by atoms with Crippen molar-refractivity contribution in [2.24, 2.45) is 5.73 Å². The molecular weight excluding hydrogens is 250 g/mol. The molecular formula is C12H19N3O2S. The summed E-state index contributed by atoms with van der Waals surface area (Å²) in [5, 5.41) is 0. The van der Waals surface area contributed by atoms with Crippen molar-refractivity contribution in [3.8, 4) is 0 Å². The molecule has 0 saturated heterocycles. The Labute approximate surface area is 108 Å². The lowest BCUT2D eigenvalue weighted by atomic mass is 10.2. The molecule has 18 heavy (non-hydrogen) atoms. The Morgan fingerprint density at radius 2 is 1.94 bits per heavy atom. The molecule has 0 bridgehead atoms. The summed E-state index contributed by atoms with van der Waals surface area (Å²) in [5.41, 5.74) is 7.24. The molecule has 100 valence electrons. The van der Waals surface area contributed by atoms with Crippen LogP contribution in [0.1, 0.15) is 25.3 Å². The van der Waals surface area contributed by atoms with E-state index in [-0.39, 0.29) is 6.04 Å². The predicted molar refractivity (Wildman–Crippen MR) is 72.4 cm³/mol. The lowest BCUT2D eigenvalue weighted by Gasteiger charge is -2.24. The summed E-state index contributed by atoms with van der Waals surface area (Å²) in [7, 11) is -3.43. The third kappa shape index (κ3) is 2.82. The summed E-state index contributed by atoms with van der Waals surface area (Å²) in [4.78, 5) is 0. The van der Waals surface area contributed by atoms with Crippen LogP contribution in [-0.2, 0) is 16.8 Å². The van der Waals surface area contributed by atoms with Crippen LogP contribution < -0.4 is 14.8 Å². The van der Waals surface area contributed by atoms with Crippen LogP contribution in [0.3, 0.4) is 0 Å². The highest BCUT2D eigenvalue weighted by molar-refractivity contribution is 7.90. The highest BCUT2D eigenvalue weighted by atomic mass is 32.2. The molecule has 2 rings (SSSR count). The fraction of sp³-hybridized carbons (Fsp3) is 0.500. The summed E-state index contributed by atoms with van der Waals surface area (Å²) in [5.74, 6) is 0. The van der Waals surface area contributed by atoms with Crippen LogP contribution in [0.15, 0.2) is 24.3 Å². The second kappa shape index (κ2) is 5.26. The van der Waals surface area contributed by atoms with Gasteiger partial charge in [-0.2, -0.15) is 13.1 Å². The molecule has 0 aromatic heterocycles. The van der Waals surface area contributed by atoms with Gasteiger partial charge >= 0.3 is 10.2 Å². The highest BCUT2D eigenvalue weighted by Crippen LogP contribution is 2.33. The molecule has 1 aromatic carbocycles. The Bertz CT molecular complexity index is 495. The van der Waals surface area contributed by atoms with Crippen molar-refractivity contribution in [3.63, 3.8) is 0 Å². The number of benzene rings is 1. The van der Waals surface area contributed by atoms with E-state index in [1.165, 1.54) is 4.31 Å². The molecule has 1 aliphatic rings. The molecule has 1 saturated carbocycles. The number of anilines is 1. The predicted octanol–water partition coefficient (Wildman–Crippen LogP) is 0.968. The van der Waals surface area contributed by atoms with Gasteiger partial charge in [0.1, 0.15) is 0 Å². The van der Waals surface area contributed by atoms with E-state index in [2.05, 4.69) is 4.72 Å². The topological polar surface area (TPSA) is 75.4 Å². The minimum Gasteiger partial charge on any atom is -0.326 e. The lowest BCUT2D eigenvalue weighted by Crippen LogP contribution is -2.42. The number of hydrogen-bond donors (Lipinski definition) is 2. The first-order valence-electron chi connectivity index (χ1n) is 6.16. The number of hydrogen-bond acceptors (Lipinski definition) is 3. The zero-order valence-electron chi connectivity index (χ0n) is 10.5. The van der Waals surface area contributed by atoms with E-state index < -0.39 is 10.2 Å². The monoisotopic (exact) mass is 269 g/mol. The Morgan fingerprint density at radius 3 is 2.39 bits per heavy atom. The van der Waals surface area contributed by atoms with Crippen molar-refractivity contribution in [2.45, 2.75) is 32.4 Å². The normalized spacial score (nSPS) is 15.7. The first kappa shape index (κ1) is 13.3. The van der Waals surface area contributed by atoms with Gasteiger partial charge in [0.2, 0.25) is 0 Å². The Hall–Kier alpha value is -1.11. The van der Waals surface area contributed by atoms with Gasteiger partial charge < -0.3 is 5.73 Å². The molecule has 0 heterocycles. The van der Waals surface area contributed by atoms with Crippen molar-refractivity contribution in [1.29, 1.82) is 0 Å². The number of nitrogens with one attached hydrogen (secondary N) is 1. The van der Waals surface area contributed by atoms with Crippen molar-refractivity contribution in [2.75, 3.05) is 10.8 Å². The van der Waals surface area contributed by atoms with Crippen molar-refractivity contribution < 1.29 is 8.42 Å². The third-order valence-corrected chi connectivity index (χ3v) is 4.57. The maximum Gasteiger partial charge on any atom is 0.301 e. The second-order valence-electron chi connectivity index (χ2n) is 4.40. The average Bonchev–Trinajstić information content (AvgIpc) is 3.14. The lowest BCUT2D eigenvalue weighted by molar-refractivity contribution is 0.578. The van der Waals surface area contributed by atoms with Gasteiger partial charge in [-0.05, 0) is 30.5 Å². The average molecular weight is 269 g/mol. The summed E-state index contributed by atoms with van der Waals surface area (Å²) in [6, 6.07) is 7.46. The first-order chi connectivity index (χ1) is 8.58. The van der Waals surface area contributed by atoms with Crippen LogP contribution in [-0.4, -0.2) is 21.0 Å². The Kier molecular flexibility index (Phi) is 3.89. The SMILES string of the molecule is CCNS(=O)(=O)N(c1ccc(CN)cc1)C1CC1. The summed E-state index contributed by atoms with van der Waals surface area (Å²) in [6.45, 7) is 2.64. The maximum atomic E-state index is 12.2. The summed E-state index contributed by atoms with van der Waals surface area (Å²) < 4.78 is 28.3. The van der Waals surface area contributed by atoms with Crippen LogP contribution in [0.4, 0.5) is 5.69 Å². The molecule has 1 fully saturated rings. The summed E-state index contributed by atoms with van der Waals surface area (Å²) in [6.07, 6.45) is 1.84. The molecule has 0 spiro atoms. The Morgan fingerprint density at radius 1 is 1.33 bits per heavy atom. The summed E-state index contributed by atoms with van der Waals surface area (Å²) >= 11 is 0. The molecule has 6 heteroatoms.